The molecule has 0 radical (unpaired) electrons. The fraction of sp³-hybridized carbons (Fsp3) is 0.643. The molecule has 0 unspecified atom stereocenters. The summed E-state index contributed by atoms with van der Waals surface area (Å²) in [7, 11) is -0.554. The van der Waals surface area contributed by atoms with Gasteiger partial charge in [0.25, 0.3) is 0 Å². The Morgan fingerprint density at radius 2 is 1.70 bits per heavy atom. The van der Waals surface area contributed by atoms with E-state index in [0.29, 0.717) is 24.0 Å². The highest BCUT2D eigenvalue weighted by molar-refractivity contribution is 6.62. The second-order valence-electron chi connectivity index (χ2n) is 6.76. The molecule has 2 aliphatic rings. The van der Waals surface area contributed by atoms with E-state index in [1.165, 1.54) is 0 Å². The van der Waals surface area contributed by atoms with Gasteiger partial charge in [-0.15, -0.1) is 0 Å². The van der Waals surface area contributed by atoms with Crippen LogP contribution in [0.2, 0.25) is 0 Å². The first-order chi connectivity index (χ1) is 9.15. The maximum absolute atomic E-state index is 10.1. The van der Waals surface area contributed by atoms with Gasteiger partial charge >= 0.3 is 7.12 Å². The first-order valence-corrected chi connectivity index (χ1v) is 6.92. The van der Waals surface area contributed by atoms with Crippen molar-refractivity contribution >= 4 is 12.6 Å². The van der Waals surface area contributed by atoms with Crippen LogP contribution in [0.5, 0.6) is 5.75 Å². The summed E-state index contributed by atoms with van der Waals surface area (Å²) in [6.45, 7) is 7.90. The average Bonchev–Trinajstić information content (AvgIpc) is 3.01. The van der Waals surface area contributed by atoms with Gasteiger partial charge in [0.2, 0.25) is 0 Å². The topological polar surface area (TPSA) is 71.8 Å². The maximum atomic E-state index is 10.1. The Bertz CT molecular complexity index is 538. The molecule has 2 fully saturated rings. The van der Waals surface area contributed by atoms with Crippen LogP contribution in [-0.4, -0.2) is 33.5 Å². The smallest absolute Gasteiger partial charge is 0.496 e. The Hall–Kier alpha value is -1.11. The number of hydrogen-bond acceptors (Lipinski definition) is 5. The normalized spacial score (nSPS) is 25.8. The summed E-state index contributed by atoms with van der Waals surface area (Å²) in [5.74, 6) is -0.00258. The molecule has 0 spiro atoms. The lowest BCUT2D eigenvalue weighted by molar-refractivity contribution is 0.00578. The lowest BCUT2D eigenvalue weighted by Gasteiger charge is -2.32. The molecular weight excluding hydrogens is 257 g/mol. The fourth-order valence-corrected chi connectivity index (χ4v) is 2.29. The molecule has 1 aromatic rings. The maximum Gasteiger partial charge on any atom is 0.496 e. The van der Waals surface area contributed by atoms with E-state index in [4.69, 9.17) is 9.31 Å². The Balaban J connectivity index is 1.88. The van der Waals surface area contributed by atoms with Crippen LogP contribution in [0, 0.1) is 0 Å². The standard InChI is InChI=1S/C14H20BNO4/c1-12(2)13(3,4)20-15(19-12)9-7-10(17)11(16-8-9)14(18)5-6-14/h7-8,17-18H,5-6H2,1-4H3. The Labute approximate surface area is 119 Å². The van der Waals surface area contributed by atoms with Crippen molar-refractivity contribution in [2.45, 2.75) is 57.3 Å². The van der Waals surface area contributed by atoms with Crippen LogP contribution in [0.3, 0.4) is 0 Å². The third kappa shape index (κ3) is 2.03. The van der Waals surface area contributed by atoms with Crippen LogP contribution in [0.25, 0.3) is 0 Å². The van der Waals surface area contributed by atoms with Crippen molar-refractivity contribution in [3.63, 3.8) is 0 Å². The minimum Gasteiger partial charge on any atom is -0.506 e. The Morgan fingerprint density at radius 3 is 2.15 bits per heavy atom. The van der Waals surface area contributed by atoms with Crippen molar-refractivity contribution in [3.8, 4) is 5.75 Å². The van der Waals surface area contributed by atoms with Gasteiger partial charge in [0.1, 0.15) is 17.0 Å². The highest BCUT2D eigenvalue weighted by Gasteiger charge is 2.52. The van der Waals surface area contributed by atoms with Crippen LogP contribution in [0.4, 0.5) is 0 Å². The van der Waals surface area contributed by atoms with Gasteiger partial charge in [-0.3, -0.25) is 4.98 Å². The Kier molecular flexibility index (Phi) is 2.75. The summed E-state index contributed by atoms with van der Waals surface area (Å²) in [4.78, 5) is 4.19. The molecule has 108 valence electrons. The third-order valence-electron chi connectivity index (χ3n) is 4.58. The molecular formula is C14H20BNO4. The van der Waals surface area contributed by atoms with E-state index in [2.05, 4.69) is 4.98 Å². The summed E-state index contributed by atoms with van der Waals surface area (Å²) in [6.07, 6.45) is 2.89. The number of aliphatic hydroxyl groups is 1. The summed E-state index contributed by atoms with van der Waals surface area (Å²) >= 11 is 0. The van der Waals surface area contributed by atoms with E-state index in [1.54, 1.807) is 12.3 Å². The van der Waals surface area contributed by atoms with E-state index in [0.717, 1.165) is 0 Å². The van der Waals surface area contributed by atoms with Crippen molar-refractivity contribution in [2.75, 3.05) is 0 Å². The van der Waals surface area contributed by atoms with Crippen LogP contribution in [0.1, 0.15) is 46.2 Å². The van der Waals surface area contributed by atoms with Crippen molar-refractivity contribution in [1.29, 1.82) is 0 Å². The predicted molar refractivity (Wildman–Crippen MR) is 74.7 cm³/mol. The van der Waals surface area contributed by atoms with Gasteiger partial charge in [0.05, 0.1) is 11.2 Å². The minimum atomic E-state index is -0.946. The van der Waals surface area contributed by atoms with Gasteiger partial charge in [-0.1, -0.05) is 0 Å². The van der Waals surface area contributed by atoms with E-state index < -0.39 is 23.9 Å². The molecule has 6 heteroatoms. The zero-order chi connectivity index (χ0) is 14.8. The van der Waals surface area contributed by atoms with Gasteiger partial charge in [0, 0.05) is 11.7 Å². The molecule has 1 aliphatic heterocycles. The SMILES string of the molecule is CC1(C)OB(c2cnc(C3(O)CC3)c(O)c2)OC1(C)C. The van der Waals surface area contributed by atoms with Gasteiger partial charge in [0.15, 0.2) is 0 Å². The first kappa shape index (κ1) is 13.9. The zero-order valence-electron chi connectivity index (χ0n) is 12.3. The molecule has 0 bridgehead atoms. The number of aromatic hydroxyl groups is 1. The Morgan fingerprint density at radius 1 is 1.15 bits per heavy atom. The molecule has 2 N–H and O–H groups in total. The highest BCUT2D eigenvalue weighted by Crippen LogP contribution is 2.47. The number of aromatic nitrogens is 1. The van der Waals surface area contributed by atoms with Crippen LogP contribution >= 0.6 is 0 Å². The van der Waals surface area contributed by atoms with E-state index in [1.807, 2.05) is 27.7 Å². The van der Waals surface area contributed by atoms with Crippen LogP contribution in [0.15, 0.2) is 12.3 Å². The van der Waals surface area contributed by atoms with Gasteiger partial charge in [-0.2, -0.15) is 0 Å². The van der Waals surface area contributed by atoms with Crippen molar-refractivity contribution in [2.24, 2.45) is 0 Å². The molecule has 0 amide bonds. The molecule has 1 aromatic heterocycles. The lowest BCUT2D eigenvalue weighted by atomic mass is 9.80. The first-order valence-electron chi connectivity index (χ1n) is 6.92. The molecule has 1 saturated carbocycles. The van der Waals surface area contributed by atoms with Crippen molar-refractivity contribution < 1.29 is 19.5 Å². The number of hydrogen-bond donors (Lipinski definition) is 2. The molecule has 0 aromatic carbocycles. The molecule has 0 atom stereocenters. The van der Waals surface area contributed by atoms with E-state index in [9.17, 15) is 10.2 Å². The van der Waals surface area contributed by atoms with Gasteiger partial charge < -0.3 is 19.5 Å². The molecule has 1 aliphatic carbocycles. The fourth-order valence-electron chi connectivity index (χ4n) is 2.29. The quantitative estimate of drug-likeness (QED) is 0.791. The van der Waals surface area contributed by atoms with Crippen LogP contribution < -0.4 is 5.46 Å². The summed E-state index contributed by atoms with van der Waals surface area (Å²) in [5.41, 5.74) is -0.799. The lowest BCUT2D eigenvalue weighted by Crippen LogP contribution is -2.41. The number of nitrogens with zero attached hydrogens (tertiary/aromatic N) is 1. The molecule has 20 heavy (non-hydrogen) atoms. The third-order valence-corrected chi connectivity index (χ3v) is 4.58. The highest BCUT2D eigenvalue weighted by atomic mass is 16.7. The number of pyridine rings is 1. The van der Waals surface area contributed by atoms with Crippen LogP contribution in [-0.2, 0) is 14.9 Å². The van der Waals surface area contributed by atoms with Crippen molar-refractivity contribution in [1.82, 2.24) is 4.98 Å². The van der Waals surface area contributed by atoms with Crippen molar-refractivity contribution in [3.05, 3.63) is 18.0 Å². The van der Waals surface area contributed by atoms with Gasteiger partial charge in [-0.25, -0.2) is 0 Å². The molecule has 1 saturated heterocycles. The molecule has 2 heterocycles. The second-order valence-corrected chi connectivity index (χ2v) is 6.76. The average molecular weight is 277 g/mol. The molecule has 5 nitrogen and oxygen atoms in total. The predicted octanol–water partition coefficient (Wildman–Crippen LogP) is 1.07. The summed E-state index contributed by atoms with van der Waals surface area (Å²) in [5, 5.41) is 20.1. The number of rotatable bonds is 2. The van der Waals surface area contributed by atoms with E-state index >= 15 is 0 Å². The van der Waals surface area contributed by atoms with E-state index in [-0.39, 0.29) is 5.75 Å². The largest absolute Gasteiger partial charge is 0.506 e. The summed E-state index contributed by atoms with van der Waals surface area (Å²) < 4.78 is 11.8. The van der Waals surface area contributed by atoms with Gasteiger partial charge in [-0.05, 0) is 46.6 Å². The summed E-state index contributed by atoms with van der Waals surface area (Å²) in [6, 6.07) is 1.57. The molecule has 3 rings (SSSR count). The minimum absolute atomic E-state index is 0.00258. The second kappa shape index (κ2) is 3.96. The monoisotopic (exact) mass is 277 g/mol. The zero-order valence-corrected chi connectivity index (χ0v) is 12.3.